The van der Waals surface area contributed by atoms with E-state index in [4.69, 9.17) is 4.74 Å². The monoisotopic (exact) mass is 140 g/mol. The van der Waals surface area contributed by atoms with Crippen molar-refractivity contribution in [2.24, 2.45) is 4.99 Å². The highest BCUT2D eigenvalue weighted by atomic mass is 16.5. The number of amidine groups is 1. The molecule has 1 heterocycles. The number of hydrogen-bond acceptors (Lipinski definition) is 3. The van der Waals surface area contributed by atoms with Gasteiger partial charge in [0.2, 0.25) is 0 Å². The molecule has 0 saturated carbocycles. The van der Waals surface area contributed by atoms with Crippen molar-refractivity contribution in [3.05, 3.63) is 12.0 Å². The van der Waals surface area contributed by atoms with Crippen molar-refractivity contribution in [1.29, 1.82) is 0 Å². The molecule has 0 saturated heterocycles. The van der Waals surface area contributed by atoms with Crippen molar-refractivity contribution in [2.45, 2.75) is 19.9 Å². The van der Waals surface area contributed by atoms with E-state index in [0.717, 1.165) is 11.6 Å². The van der Waals surface area contributed by atoms with Gasteiger partial charge in [-0.3, -0.25) is 4.99 Å². The Morgan fingerprint density at radius 1 is 1.70 bits per heavy atom. The van der Waals surface area contributed by atoms with E-state index < -0.39 is 0 Å². The Labute approximate surface area is 60.8 Å². The fourth-order valence-electron chi connectivity index (χ4n) is 0.917. The molecule has 3 heteroatoms. The first kappa shape index (κ1) is 7.12. The normalized spacial score (nSPS) is 24.5. The van der Waals surface area contributed by atoms with Crippen LogP contribution in [0.5, 0.6) is 0 Å². The minimum absolute atomic E-state index is 0.159. The molecule has 3 nitrogen and oxygen atoms in total. The molecule has 1 rings (SSSR count). The summed E-state index contributed by atoms with van der Waals surface area (Å²) in [7, 11) is 1.65. The molecule has 56 valence electrons. The predicted molar refractivity (Wildman–Crippen MR) is 40.8 cm³/mol. The summed E-state index contributed by atoms with van der Waals surface area (Å²) in [6, 6.07) is 0.159. The van der Waals surface area contributed by atoms with E-state index in [-0.39, 0.29) is 6.04 Å². The van der Waals surface area contributed by atoms with Crippen molar-refractivity contribution in [1.82, 2.24) is 5.32 Å². The molecule has 1 aliphatic heterocycles. The second-order valence-corrected chi connectivity index (χ2v) is 2.29. The number of hydrogen-bond donors (Lipinski definition) is 1. The molecule has 0 aromatic heterocycles. The Balaban J connectivity index is 2.66. The largest absolute Gasteiger partial charge is 0.497 e. The maximum atomic E-state index is 5.04. The molecule has 0 amide bonds. The summed E-state index contributed by atoms with van der Waals surface area (Å²) in [5, 5.41) is 2.98. The van der Waals surface area contributed by atoms with Gasteiger partial charge in [0.25, 0.3) is 0 Å². The molecule has 0 aromatic rings. The van der Waals surface area contributed by atoms with Crippen LogP contribution in [0, 0.1) is 0 Å². The number of methoxy groups -OCH3 is 1. The molecule has 0 radical (unpaired) electrons. The molecule has 0 aromatic carbocycles. The van der Waals surface area contributed by atoms with Crippen LogP contribution in [0.25, 0.3) is 0 Å². The van der Waals surface area contributed by atoms with E-state index in [1.165, 1.54) is 0 Å². The maximum absolute atomic E-state index is 5.04. The Hall–Kier alpha value is -0.990. The lowest BCUT2D eigenvalue weighted by molar-refractivity contribution is 0.265. The van der Waals surface area contributed by atoms with Crippen LogP contribution >= 0.6 is 0 Å². The third-order valence-corrected chi connectivity index (χ3v) is 1.46. The van der Waals surface area contributed by atoms with E-state index in [1.54, 1.807) is 7.11 Å². The van der Waals surface area contributed by atoms with Crippen LogP contribution in [0.4, 0.5) is 0 Å². The van der Waals surface area contributed by atoms with Crippen molar-refractivity contribution in [3.63, 3.8) is 0 Å². The van der Waals surface area contributed by atoms with Gasteiger partial charge in [-0.05, 0) is 13.8 Å². The first-order valence-electron chi connectivity index (χ1n) is 3.29. The quantitative estimate of drug-likeness (QED) is 0.586. The summed E-state index contributed by atoms with van der Waals surface area (Å²) in [5.41, 5.74) is 0. The molecule has 1 atom stereocenters. The van der Waals surface area contributed by atoms with Crippen molar-refractivity contribution < 1.29 is 4.74 Å². The summed E-state index contributed by atoms with van der Waals surface area (Å²) in [4.78, 5) is 4.25. The SMILES string of the molecule is COC1=CNC(C)=NC1C. The Morgan fingerprint density at radius 2 is 2.40 bits per heavy atom. The van der Waals surface area contributed by atoms with Crippen molar-refractivity contribution in [3.8, 4) is 0 Å². The van der Waals surface area contributed by atoms with Crippen LogP contribution in [0.3, 0.4) is 0 Å². The third kappa shape index (κ3) is 1.29. The Morgan fingerprint density at radius 3 is 2.90 bits per heavy atom. The zero-order valence-electron chi connectivity index (χ0n) is 6.51. The van der Waals surface area contributed by atoms with Gasteiger partial charge in [-0.2, -0.15) is 0 Å². The first-order chi connectivity index (χ1) is 4.74. The summed E-state index contributed by atoms with van der Waals surface area (Å²) < 4.78 is 5.04. The van der Waals surface area contributed by atoms with E-state index in [2.05, 4.69) is 10.3 Å². The van der Waals surface area contributed by atoms with Crippen LogP contribution in [0.2, 0.25) is 0 Å². The predicted octanol–water partition coefficient (Wildman–Crippen LogP) is 0.884. The number of aliphatic imine (C=N–C) groups is 1. The van der Waals surface area contributed by atoms with Gasteiger partial charge in [0.05, 0.1) is 12.9 Å². The van der Waals surface area contributed by atoms with Crippen LogP contribution in [-0.4, -0.2) is 19.0 Å². The van der Waals surface area contributed by atoms with Crippen LogP contribution in [0.1, 0.15) is 13.8 Å². The zero-order chi connectivity index (χ0) is 7.56. The highest BCUT2D eigenvalue weighted by Crippen LogP contribution is 2.08. The van der Waals surface area contributed by atoms with Crippen molar-refractivity contribution >= 4 is 5.84 Å². The lowest BCUT2D eigenvalue weighted by atomic mass is 10.3. The molecular formula is C7H12N2O. The second kappa shape index (κ2) is 2.73. The summed E-state index contributed by atoms with van der Waals surface area (Å²) in [5.74, 6) is 1.82. The van der Waals surface area contributed by atoms with Crippen LogP contribution in [-0.2, 0) is 4.74 Å². The topological polar surface area (TPSA) is 33.6 Å². The van der Waals surface area contributed by atoms with Gasteiger partial charge in [-0.15, -0.1) is 0 Å². The van der Waals surface area contributed by atoms with Crippen LogP contribution < -0.4 is 5.32 Å². The lowest BCUT2D eigenvalue weighted by Gasteiger charge is -2.16. The molecular weight excluding hydrogens is 128 g/mol. The highest BCUT2D eigenvalue weighted by molar-refractivity contribution is 5.81. The number of nitrogens with zero attached hydrogens (tertiary/aromatic N) is 1. The Bertz CT molecular complexity index is 184. The van der Waals surface area contributed by atoms with Gasteiger partial charge >= 0.3 is 0 Å². The van der Waals surface area contributed by atoms with E-state index in [0.29, 0.717) is 0 Å². The average Bonchev–Trinajstić information content (AvgIpc) is 1.88. The van der Waals surface area contributed by atoms with Gasteiger partial charge < -0.3 is 10.1 Å². The lowest BCUT2D eigenvalue weighted by Crippen LogP contribution is -2.24. The number of ether oxygens (including phenoxy) is 1. The van der Waals surface area contributed by atoms with Gasteiger partial charge in [-0.25, -0.2) is 0 Å². The molecule has 0 bridgehead atoms. The van der Waals surface area contributed by atoms with E-state index >= 15 is 0 Å². The zero-order valence-corrected chi connectivity index (χ0v) is 6.51. The molecule has 0 aliphatic carbocycles. The molecule has 1 N–H and O–H groups in total. The molecule has 0 fully saturated rings. The summed E-state index contributed by atoms with van der Waals surface area (Å²) >= 11 is 0. The maximum Gasteiger partial charge on any atom is 0.136 e. The third-order valence-electron chi connectivity index (χ3n) is 1.46. The minimum Gasteiger partial charge on any atom is -0.497 e. The molecule has 10 heavy (non-hydrogen) atoms. The number of nitrogens with one attached hydrogen (secondary N) is 1. The standard InChI is InChI=1S/C7H12N2O/c1-5-7(10-3)4-8-6(2)9-5/h4-5H,1-3H3,(H,8,9). The van der Waals surface area contributed by atoms with Crippen molar-refractivity contribution in [2.75, 3.05) is 7.11 Å². The highest BCUT2D eigenvalue weighted by Gasteiger charge is 2.11. The van der Waals surface area contributed by atoms with Gasteiger partial charge in [-0.1, -0.05) is 0 Å². The fourth-order valence-corrected chi connectivity index (χ4v) is 0.917. The minimum atomic E-state index is 0.159. The molecule has 0 spiro atoms. The number of rotatable bonds is 1. The van der Waals surface area contributed by atoms with E-state index in [1.807, 2.05) is 20.0 Å². The second-order valence-electron chi connectivity index (χ2n) is 2.29. The molecule has 1 unspecified atom stereocenters. The average molecular weight is 140 g/mol. The Kier molecular flexibility index (Phi) is 1.94. The summed E-state index contributed by atoms with van der Waals surface area (Å²) in [6.45, 7) is 3.93. The first-order valence-corrected chi connectivity index (χ1v) is 3.29. The van der Waals surface area contributed by atoms with Crippen LogP contribution in [0.15, 0.2) is 17.0 Å². The van der Waals surface area contributed by atoms with Gasteiger partial charge in [0.15, 0.2) is 0 Å². The van der Waals surface area contributed by atoms with Gasteiger partial charge in [0, 0.05) is 6.20 Å². The smallest absolute Gasteiger partial charge is 0.136 e. The fraction of sp³-hybridized carbons (Fsp3) is 0.571. The van der Waals surface area contributed by atoms with E-state index in [9.17, 15) is 0 Å². The molecule has 1 aliphatic rings. The van der Waals surface area contributed by atoms with Gasteiger partial charge in [0.1, 0.15) is 11.8 Å². The summed E-state index contributed by atoms with van der Waals surface area (Å²) in [6.07, 6.45) is 1.84.